The van der Waals surface area contributed by atoms with Gasteiger partial charge in [-0.15, -0.1) is 11.3 Å². The molecular formula is C26H25N3O3S. The van der Waals surface area contributed by atoms with Crippen molar-refractivity contribution in [3.63, 3.8) is 0 Å². The van der Waals surface area contributed by atoms with Crippen LogP contribution < -0.4 is 10.2 Å². The van der Waals surface area contributed by atoms with Gasteiger partial charge in [-0.1, -0.05) is 48.5 Å². The van der Waals surface area contributed by atoms with Gasteiger partial charge in [-0.3, -0.25) is 14.5 Å². The van der Waals surface area contributed by atoms with Crippen molar-refractivity contribution in [1.82, 2.24) is 10.3 Å². The first-order valence-corrected chi connectivity index (χ1v) is 11.5. The lowest BCUT2D eigenvalue weighted by atomic mass is 10.0. The third kappa shape index (κ3) is 4.88. The van der Waals surface area contributed by atoms with Gasteiger partial charge in [-0.05, 0) is 50.1 Å². The quantitative estimate of drug-likeness (QED) is 0.403. The molecule has 1 unspecified atom stereocenters. The second-order valence-electron chi connectivity index (χ2n) is 7.72. The van der Waals surface area contributed by atoms with Gasteiger partial charge in [0.1, 0.15) is 16.7 Å². The molecule has 4 aromatic rings. The van der Waals surface area contributed by atoms with Gasteiger partial charge in [-0.2, -0.15) is 0 Å². The number of aromatic nitrogens is 1. The summed E-state index contributed by atoms with van der Waals surface area (Å²) < 4.78 is 5.37. The van der Waals surface area contributed by atoms with E-state index in [0.717, 1.165) is 10.6 Å². The number of hydrogen-bond acceptors (Lipinski definition) is 5. The Labute approximate surface area is 196 Å². The number of aryl methyl sites for hydroxylation is 3. The highest BCUT2D eigenvalue weighted by Gasteiger charge is 2.35. The molecule has 0 saturated carbocycles. The van der Waals surface area contributed by atoms with Gasteiger partial charge in [-0.25, -0.2) is 4.98 Å². The monoisotopic (exact) mass is 459 g/mol. The molecule has 0 spiro atoms. The normalized spacial score (nSPS) is 11.7. The number of nitrogens with zero attached hydrogens (tertiary/aromatic N) is 2. The van der Waals surface area contributed by atoms with Crippen LogP contribution in [0.3, 0.4) is 0 Å². The van der Waals surface area contributed by atoms with Gasteiger partial charge in [0.2, 0.25) is 5.91 Å². The summed E-state index contributed by atoms with van der Waals surface area (Å²) in [6.07, 6.45) is 1.56. The minimum atomic E-state index is -0.878. The number of para-hydroxylation sites is 1. The van der Waals surface area contributed by atoms with Crippen molar-refractivity contribution in [2.24, 2.45) is 0 Å². The van der Waals surface area contributed by atoms with E-state index >= 15 is 0 Å². The summed E-state index contributed by atoms with van der Waals surface area (Å²) in [5.41, 5.74) is 2.94. The molecule has 7 heteroatoms. The Morgan fingerprint density at radius 3 is 2.36 bits per heavy atom. The van der Waals surface area contributed by atoms with Crippen LogP contribution in [0.4, 0.5) is 5.69 Å². The van der Waals surface area contributed by atoms with E-state index in [1.807, 2.05) is 75.4 Å². The van der Waals surface area contributed by atoms with Crippen LogP contribution in [0.15, 0.2) is 77.4 Å². The molecule has 0 aliphatic rings. The zero-order chi connectivity index (χ0) is 23.4. The first-order chi connectivity index (χ1) is 16.0. The highest BCUT2D eigenvalue weighted by atomic mass is 32.1. The van der Waals surface area contributed by atoms with Crippen LogP contribution in [0.25, 0.3) is 0 Å². The predicted octanol–water partition coefficient (Wildman–Crippen LogP) is 5.37. The molecule has 2 aromatic heterocycles. The topological polar surface area (TPSA) is 75.4 Å². The molecule has 168 valence electrons. The Bertz CT molecular complexity index is 1250. The number of carbonyl (C=O) groups excluding carboxylic acids is 2. The molecule has 1 atom stereocenters. The Hall–Kier alpha value is -3.71. The maximum absolute atomic E-state index is 14.0. The molecule has 0 radical (unpaired) electrons. The van der Waals surface area contributed by atoms with Gasteiger partial charge in [0, 0.05) is 5.69 Å². The Balaban J connectivity index is 1.82. The molecular weight excluding hydrogens is 434 g/mol. The molecule has 2 heterocycles. The number of benzene rings is 2. The minimum absolute atomic E-state index is 0.226. The summed E-state index contributed by atoms with van der Waals surface area (Å²) in [6, 6.07) is 19.6. The molecule has 1 N–H and O–H groups in total. The number of nitrogens with one attached hydrogen (secondary N) is 1. The first-order valence-electron chi connectivity index (χ1n) is 10.6. The highest BCUT2D eigenvalue weighted by Crippen LogP contribution is 2.33. The highest BCUT2D eigenvalue weighted by molar-refractivity contribution is 7.13. The van der Waals surface area contributed by atoms with Crippen molar-refractivity contribution >= 4 is 28.8 Å². The van der Waals surface area contributed by atoms with Crippen LogP contribution in [-0.2, 0) is 11.3 Å². The molecule has 6 nitrogen and oxygen atoms in total. The predicted molar refractivity (Wildman–Crippen MR) is 129 cm³/mol. The Kier molecular flexibility index (Phi) is 6.70. The fraction of sp³-hybridized carbons (Fsp3) is 0.192. The van der Waals surface area contributed by atoms with E-state index in [-0.39, 0.29) is 18.4 Å². The lowest BCUT2D eigenvalue weighted by Crippen LogP contribution is -2.44. The van der Waals surface area contributed by atoms with Gasteiger partial charge in [0.25, 0.3) is 5.91 Å². The molecule has 33 heavy (non-hydrogen) atoms. The van der Waals surface area contributed by atoms with E-state index in [2.05, 4.69) is 10.3 Å². The molecule has 0 aliphatic heterocycles. The number of thiazole rings is 1. The van der Waals surface area contributed by atoms with E-state index in [4.69, 9.17) is 4.42 Å². The van der Waals surface area contributed by atoms with Crippen LogP contribution in [-0.4, -0.2) is 16.8 Å². The van der Waals surface area contributed by atoms with Gasteiger partial charge in [0.05, 0.1) is 23.5 Å². The van der Waals surface area contributed by atoms with E-state index < -0.39 is 6.04 Å². The standard InChI is InChI=1S/C26H25N3O3S/c1-17-10-7-8-14-22(17)29(26(31)24-18(2)28-19(3)33-24)23(20-11-5-4-6-12-20)25(30)27-16-21-13-9-15-32-21/h4-15,23H,16H2,1-3H3,(H,27,30). The van der Waals surface area contributed by atoms with Gasteiger partial charge >= 0.3 is 0 Å². The summed E-state index contributed by atoms with van der Waals surface area (Å²) in [5.74, 6) is 0.0837. The number of hydrogen-bond donors (Lipinski definition) is 1. The van der Waals surface area contributed by atoms with Gasteiger partial charge < -0.3 is 9.73 Å². The second kappa shape index (κ2) is 9.83. The lowest BCUT2D eigenvalue weighted by molar-refractivity contribution is -0.122. The van der Waals surface area contributed by atoms with Crippen LogP contribution in [0.1, 0.15) is 43.3 Å². The zero-order valence-electron chi connectivity index (χ0n) is 18.7. The first kappa shape index (κ1) is 22.5. The third-order valence-electron chi connectivity index (χ3n) is 5.33. The molecule has 0 aliphatic carbocycles. The van der Waals surface area contributed by atoms with Crippen molar-refractivity contribution in [2.75, 3.05) is 4.90 Å². The second-order valence-corrected chi connectivity index (χ2v) is 8.92. The number of carbonyl (C=O) groups is 2. The number of rotatable bonds is 7. The average molecular weight is 460 g/mol. The maximum atomic E-state index is 14.0. The van der Waals surface area contributed by atoms with Crippen molar-refractivity contribution in [3.05, 3.63) is 105 Å². The third-order valence-corrected chi connectivity index (χ3v) is 6.39. The summed E-state index contributed by atoms with van der Waals surface area (Å²) >= 11 is 1.34. The smallest absolute Gasteiger partial charge is 0.271 e. The van der Waals surface area contributed by atoms with Crippen molar-refractivity contribution in [1.29, 1.82) is 0 Å². The van der Waals surface area contributed by atoms with E-state index in [9.17, 15) is 9.59 Å². The van der Waals surface area contributed by atoms with Crippen LogP contribution in [0.2, 0.25) is 0 Å². The molecule has 0 fully saturated rings. The van der Waals surface area contributed by atoms with Crippen molar-refractivity contribution < 1.29 is 14.0 Å². The summed E-state index contributed by atoms with van der Waals surface area (Å²) in [5, 5.41) is 3.75. The van der Waals surface area contributed by atoms with Crippen LogP contribution >= 0.6 is 11.3 Å². The fourth-order valence-corrected chi connectivity index (χ4v) is 4.63. The molecule has 0 saturated heterocycles. The average Bonchev–Trinajstić information content (AvgIpc) is 3.45. The van der Waals surface area contributed by atoms with Crippen LogP contribution in [0, 0.1) is 20.8 Å². The van der Waals surface area contributed by atoms with Crippen molar-refractivity contribution in [3.8, 4) is 0 Å². The molecule has 4 rings (SSSR count). The summed E-state index contributed by atoms with van der Waals surface area (Å²) in [7, 11) is 0. The number of furan rings is 1. The van der Waals surface area contributed by atoms with E-state index in [1.165, 1.54) is 11.3 Å². The van der Waals surface area contributed by atoms with E-state index in [1.54, 1.807) is 23.3 Å². The Morgan fingerprint density at radius 2 is 1.73 bits per heavy atom. The lowest BCUT2D eigenvalue weighted by Gasteiger charge is -2.32. The number of anilines is 1. The molecule has 2 amide bonds. The maximum Gasteiger partial charge on any atom is 0.271 e. The van der Waals surface area contributed by atoms with E-state index in [0.29, 0.717) is 27.6 Å². The van der Waals surface area contributed by atoms with Crippen LogP contribution in [0.5, 0.6) is 0 Å². The number of amides is 2. The fourth-order valence-electron chi connectivity index (χ4n) is 3.78. The molecule has 2 aromatic carbocycles. The SMILES string of the molecule is Cc1nc(C)c(C(=O)N(c2ccccc2C)C(C(=O)NCc2ccco2)c2ccccc2)s1. The minimum Gasteiger partial charge on any atom is -0.467 e. The zero-order valence-corrected chi connectivity index (χ0v) is 19.6. The molecule has 0 bridgehead atoms. The largest absolute Gasteiger partial charge is 0.467 e. The van der Waals surface area contributed by atoms with Gasteiger partial charge in [0.15, 0.2) is 0 Å². The summed E-state index contributed by atoms with van der Waals surface area (Å²) in [4.78, 5) is 34.2. The summed E-state index contributed by atoms with van der Waals surface area (Å²) in [6.45, 7) is 5.85. The Morgan fingerprint density at radius 1 is 1.00 bits per heavy atom. The van der Waals surface area contributed by atoms with Crippen molar-refractivity contribution in [2.45, 2.75) is 33.4 Å².